The Bertz CT molecular complexity index is 1040. The Morgan fingerprint density at radius 1 is 1.03 bits per heavy atom. The molecule has 0 aliphatic carbocycles. The van der Waals surface area contributed by atoms with Crippen molar-refractivity contribution in [2.24, 2.45) is 0 Å². The van der Waals surface area contributed by atoms with Gasteiger partial charge in [-0.3, -0.25) is 0 Å². The Kier molecular flexibility index (Phi) is 7.90. The first-order valence-electron chi connectivity index (χ1n) is 11.2. The fourth-order valence-corrected chi connectivity index (χ4v) is 4.92. The van der Waals surface area contributed by atoms with E-state index in [-0.39, 0.29) is 0 Å². The Morgan fingerprint density at radius 3 is 2.52 bits per heavy atom. The van der Waals surface area contributed by atoms with Gasteiger partial charge in [-0.15, -0.1) is 0 Å². The van der Waals surface area contributed by atoms with Gasteiger partial charge < -0.3 is 34.5 Å². The van der Waals surface area contributed by atoms with Crippen molar-refractivity contribution in [3.63, 3.8) is 0 Å². The van der Waals surface area contributed by atoms with E-state index in [0.717, 1.165) is 46.9 Å². The summed E-state index contributed by atoms with van der Waals surface area (Å²) < 4.78 is 13.5. The number of benzene rings is 2. The number of hydrogen-bond acceptors (Lipinski definition) is 8. The molecule has 1 aromatic heterocycles. The molecule has 33 heavy (non-hydrogen) atoms. The topological polar surface area (TPSA) is 117 Å². The summed E-state index contributed by atoms with van der Waals surface area (Å²) in [7, 11) is 0. The average molecular weight is 475 g/mol. The second kappa shape index (κ2) is 10.9. The molecular weight excluding hydrogens is 444 g/mol. The minimum Gasteiger partial charge on any atom is -0.494 e. The predicted molar refractivity (Wildman–Crippen MR) is 125 cm³/mol. The van der Waals surface area contributed by atoms with Gasteiger partial charge in [0.25, 0.3) is 0 Å². The first kappa shape index (κ1) is 24.0. The van der Waals surface area contributed by atoms with Gasteiger partial charge in [0.1, 0.15) is 35.6 Å². The van der Waals surface area contributed by atoms with Crippen LogP contribution in [0.25, 0.3) is 11.0 Å². The smallest absolute Gasteiger partial charge is 0.171 e. The van der Waals surface area contributed by atoms with Crippen molar-refractivity contribution in [2.75, 3.05) is 13.2 Å². The van der Waals surface area contributed by atoms with E-state index < -0.39 is 36.5 Å². The number of para-hydroxylation sites is 2. The Morgan fingerprint density at radius 2 is 1.79 bits per heavy atom. The summed E-state index contributed by atoms with van der Waals surface area (Å²) in [5, 5.41) is 40.8. The van der Waals surface area contributed by atoms with Crippen molar-refractivity contribution in [1.29, 1.82) is 0 Å². The van der Waals surface area contributed by atoms with Crippen LogP contribution < -0.4 is 4.74 Å². The van der Waals surface area contributed by atoms with E-state index in [1.165, 1.54) is 0 Å². The lowest BCUT2D eigenvalue weighted by Crippen LogP contribution is -2.57. The highest BCUT2D eigenvalue weighted by atomic mass is 32.2. The molecule has 9 heteroatoms. The van der Waals surface area contributed by atoms with Crippen molar-refractivity contribution in [3.8, 4) is 5.75 Å². The second-order valence-electron chi connectivity index (χ2n) is 8.13. The normalized spacial score (nSPS) is 25.4. The zero-order valence-corrected chi connectivity index (χ0v) is 19.3. The quantitative estimate of drug-likeness (QED) is 0.349. The first-order valence-corrected chi connectivity index (χ1v) is 12.0. The molecule has 1 aliphatic rings. The van der Waals surface area contributed by atoms with Crippen LogP contribution in [0.3, 0.4) is 0 Å². The maximum Gasteiger partial charge on any atom is 0.171 e. The highest BCUT2D eigenvalue weighted by Crippen LogP contribution is 2.35. The lowest BCUT2D eigenvalue weighted by molar-refractivity contribution is -0.205. The molecule has 0 amide bonds. The summed E-state index contributed by atoms with van der Waals surface area (Å²) in [6, 6.07) is 15.7. The van der Waals surface area contributed by atoms with Crippen molar-refractivity contribution in [1.82, 2.24) is 9.55 Å². The van der Waals surface area contributed by atoms with Crippen LogP contribution in [0.1, 0.15) is 25.3 Å². The maximum atomic E-state index is 10.5. The number of unbranched alkanes of at least 4 members (excludes halogenated alkanes) is 1. The SMILES string of the molecule is CCCCOc1ccc(Cn2c(SC3OC(CO)C(O)C(O)C3O)nc3ccccc32)cc1. The third kappa shape index (κ3) is 5.34. The summed E-state index contributed by atoms with van der Waals surface area (Å²) >= 11 is 1.16. The van der Waals surface area contributed by atoms with E-state index in [1.807, 2.05) is 53.1 Å². The number of ether oxygens (including phenoxy) is 2. The number of nitrogens with zero attached hydrogens (tertiary/aromatic N) is 2. The molecule has 178 valence electrons. The van der Waals surface area contributed by atoms with Crippen molar-refractivity contribution in [2.45, 2.75) is 61.3 Å². The van der Waals surface area contributed by atoms with Crippen LogP contribution in [0.15, 0.2) is 53.7 Å². The van der Waals surface area contributed by atoms with Crippen LogP contribution in [0.2, 0.25) is 0 Å². The lowest BCUT2D eigenvalue weighted by atomic mass is 10.0. The number of fused-ring (bicyclic) bond motifs is 1. The molecule has 1 saturated heterocycles. The second-order valence-corrected chi connectivity index (χ2v) is 9.20. The number of rotatable bonds is 9. The largest absolute Gasteiger partial charge is 0.494 e. The molecule has 0 radical (unpaired) electrons. The van der Waals surface area contributed by atoms with Gasteiger partial charge in [-0.1, -0.05) is 49.4 Å². The number of imidazole rings is 1. The third-order valence-corrected chi connectivity index (χ3v) is 6.86. The monoisotopic (exact) mass is 474 g/mol. The van der Waals surface area contributed by atoms with E-state index in [1.54, 1.807) is 0 Å². The Balaban J connectivity index is 1.57. The van der Waals surface area contributed by atoms with Gasteiger partial charge in [-0.2, -0.15) is 0 Å². The molecule has 5 atom stereocenters. The van der Waals surface area contributed by atoms with Crippen LogP contribution >= 0.6 is 11.8 Å². The van der Waals surface area contributed by atoms with Gasteiger partial charge in [0.15, 0.2) is 5.16 Å². The molecular formula is C24H30N2O6S. The zero-order valence-electron chi connectivity index (χ0n) is 18.4. The van der Waals surface area contributed by atoms with Crippen LogP contribution in [-0.2, 0) is 11.3 Å². The molecule has 4 N–H and O–H groups in total. The Labute approximate surface area is 196 Å². The van der Waals surface area contributed by atoms with Crippen LogP contribution in [-0.4, -0.2) is 73.0 Å². The molecule has 5 unspecified atom stereocenters. The molecule has 3 aromatic rings. The van der Waals surface area contributed by atoms with Crippen molar-refractivity contribution < 1.29 is 29.9 Å². The van der Waals surface area contributed by atoms with E-state index in [9.17, 15) is 20.4 Å². The van der Waals surface area contributed by atoms with Gasteiger partial charge in [-0.25, -0.2) is 4.98 Å². The standard InChI is InChI=1S/C24H30N2O6S/c1-2-3-12-31-16-10-8-15(9-11-16)13-26-18-7-5-4-6-17(18)25-24(26)33-23-22(30)21(29)20(28)19(14-27)32-23/h4-11,19-23,27-30H,2-3,12-14H2,1H3. The van der Waals surface area contributed by atoms with Gasteiger partial charge >= 0.3 is 0 Å². The molecule has 8 nitrogen and oxygen atoms in total. The van der Waals surface area contributed by atoms with E-state index >= 15 is 0 Å². The summed E-state index contributed by atoms with van der Waals surface area (Å²) in [4.78, 5) is 4.70. The van der Waals surface area contributed by atoms with E-state index in [0.29, 0.717) is 18.3 Å². The van der Waals surface area contributed by atoms with Gasteiger partial charge in [-0.05, 0) is 36.2 Å². The highest BCUT2D eigenvalue weighted by molar-refractivity contribution is 7.99. The number of aromatic nitrogens is 2. The van der Waals surface area contributed by atoms with Crippen molar-refractivity contribution >= 4 is 22.8 Å². The van der Waals surface area contributed by atoms with Gasteiger partial charge in [0.2, 0.25) is 0 Å². The molecule has 2 aromatic carbocycles. The summed E-state index contributed by atoms with van der Waals surface area (Å²) in [6.45, 7) is 2.89. The number of thioether (sulfide) groups is 1. The average Bonchev–Trinajstić information content (AvgIpc) is 3.17. The van der Waals surface area contributed by atoms with Gasteiger partial charge in [0, 0.05) is 0 Å². The lowest BCUT2D eigenvalue weighted by Gasteiger charge is -2.39. The maximum absolute atomic E-state index is 10.5. The molecule has 1 aliphatic heterocycles. The minimum absolute atomic E-state index is 0.467. The third-order valence-electron chi connectivity index (χ3n) is 5.72. The molecule has 1 fully saturated rings. The van der Waals surface area contributed by atoms with Gasteiger partial charge in [0.05, 0.1) is 30.8 Å². The van der Waals surface area contributed by atoms with Crippen LogP contribution in [0, 0.1) is 0 Å². The Hall–Kier alpha value is -2.14. The molecule has 0 bridgehead atoms. The zero-order chi connectivity index (χ0) is 23.4. The fourth-order valence-electron chi connectivity index (χ4n) is 3.77. The molecule has 2 heterocycles. The molecule has 4 rings (SSSR count). The number of hydrogen-bond donors (Lipinski definition) is 4. The number of aliphatic hydroxyl groups excluding tert-OH is 4. The number of aliphatic hydroxyl groups is 4. The van der Waals surface area contributed by atoms with E-state index in [2.05, 4.69) is 6.92 Å². The predicted octanol–water partition coefficient (Wildman–Crippen LogP) is 2.16. The minimum atomic E-state index is -1.42. The van der Waals surface area contributed by atoms with Crippen LogP contribution in [0.5, 0.6) is 5.75 Å². The van der Waals surface area contributed by atoms with Crippen LogP contribution in [0.4, 0.5) is 0 Å². The fraction of sp³-hybridized carbons (Fsp3) is 0.458. The molecule has 0 spiro atoms. The summed E-state index contributed by atoms with van der Waals surface area (Å²) in [5.41, 5.74) is 1.87. The van der Waals surface area contributed by atoms with E-state index in [4.69, 9.17) is 14.5 Å². The summed E-state index contributed by atoms with van der Waals surface area (Å²) in [6.07, 6.45) is -3.01. The first-order chi connectivity index (χ1) is 16.0. The summed E-state index contributed by atoms with van der Waals surface area (Å²) in [5.74, 6) is 0.832. The molecule has 0 saturated carbocycles. The highest BCUT2D eigenvalue weighted by Gasteiger charge is 2.44. The van der Waals surface area contributed by atoms with Crippen molar-refractivity contribution in [3.05, 3.63) is 54.1 Å².